The molecule has 1 saturated heterocycles. The predicted molar refractivity (Wildman–Crippen MR) is 112 cm³/mol. The summed E-state index contributed by atoms with van der Waals surface area (Å²) in [6, 6.07) is 12.2. The van der Waals surface area contributed by atoms with Crippen LogP contribution >= 0.6 is 11.6 Å². The number of amides is 3. The average molecular weight is 432 g/mol. The van der Waals surface area contributed by atoms with E-state index in [1.165, 1.54) is 18.2 Å². The molecule has 1 fully saturated rings. The molecule has 0 aliphatic carbocycles. The fraction of sp³-hybridized carbons (Fsp3) is 0.318. The summed E-state index contributed by atoms with van der Waals surface area (Å²) >= 11 is 5.80. The smallest absolute Gasteiger partial charge is 0.254 e. The summed E-state index contributed by atoms with van der Waals surface area (Å²) in [4.78, 5) is 40.2. The Hall–Kier alpha value is -2.93. The first-order chi connectivity index (χ1) is 14.4. The average Bonchev–Trinajstić information content (AvgIpc) is 2.76. The molecule has 1 aliphatic rings. The van der Waals surface area contributed by atoms with Crippen LogP contribution in [0.15, 0.2) is 48.5 Å². The summed E-state index contributed by atoms with van der Waals surface area (Å²) in [7, 11) is 0. The lowest BCUT2D eigenvalue weighted by Crippen LogP contribution is -2.50. The summed E-state index contributed by atoms with van der Waals surface area (Å²) in [5.41, 5.74) is 0.830. The fourth-order valence-electron chi connectivity index (χ4n) is 3.27. The van der Waals surface area contributed by atoms with Crippen LogP contribution in [0.4, 0.5) is 4.39 Å². The molecule has 1 heterocycles. The van der Waals surface area contributed by atoms with E-state index in [1.807, 2.05) is 0 Å². The van der Waals surface area contributed by atoms with Crippen LogP contribution in [0.3, 0.4) is 0 Å². The molecule has 0 radical (unpaired) electrons. The number of benzene rings is 2. The molecule has 3 amide bonds. The minimum atomic E-state index is -0.446. The standard InChI is InChI=1S/C22H23ClFN3O3/c23-18-8-6-16(7-9-18)21(29)25-10-2-5-20(28)26-11-13-27(14-12-26)22(30)17-3-1-4-19(24)15-17/h1,3-4,6-9,15H,2,5,10-14H2,(H,25,29). The Kier molecular flexibility index (Phi) is 7.41. The minimum Gasteiger partial charge on any atom is -0.352 e. The van der Waals surface area contributed by atoms with Crippen molar-refractivity contribution in [2.24, 2.45) is 0 Å². The second-order valence-corrected chi connectivity index (χ2v) is 7.49. The van der Waals surface area contributed by atoms with Crippen molar-refractivity contribution in [3.05, 3.63) is 70.5 Å². The topological polar surface area (TPSA) is 69.7 Å². The predicted octanol–water partition coefficient (Wildman–Crippen LogP) is 2.97. The molecule has 158 valence electrons. The number of carbonyl (C=O) groups excluding carboxylic acids is 3. The Labute approximate surface area is 179 Å². The van der Waals surface area contributed by atoms with E-state index in [1.54, 1.807) is 40.1 Å². The first-order valence-electron chi connectivity index (χ1n) is 9.80. The Morgan fingerprint density at radius 2 is 1.60 bits per heavy atom. The minimum absolute atomic E-state index is 0.00593. The number of piperazine rings is 1. The molecule has 8 heteroatoms. The van der Waals surface area contributed by atoms with Crippen molar-refractivity contribution in [3.8, 4) is 0 Å². The van der Waals surface area contributed by atoms with Crippen LogP contribution in [0.1, 0.15) is 33.6 Å². The van der Waals surface area contributed by atoms with Gasteiger partial charge in [0.05, 0.1) is 0 Å². The normalized spacial score (nSPS) is 13.8. The van der Waals surface area contributed by atoms with Crippen molar-refractivity contribution in [3.63, 3.8) is 0 Å². The van der Waals surface area contributed by atoms with Gasteiger partial charge in [0.15, 0.2) is 0 Å². The number of carbonyl (C=O) groups is 3. The zero-order chi connectivity index (χ0) is 21.5. The molecule has 2 aromatic carbocycles. The summed E-state index contributed by atoms with van der Waals surface area (Å²) in [5.74, 6) is -0.887. The third-order valence-electron chi connectivity index (χ3n) is 4.95. The van der Waals surface area contributed by atoms with Crippen LogP contribution in [-0.4, -0.2) is 60.2 Å². The second-order valence-electron chi connectivity index (χ2n) is 7.05. The highest BCUT2D eigenvalue weighted by Crippen LogP contribution is 2.12. The van der Waals surface area contributed by atoms with Crippen LogP contribution in [0.2, 0.25) is 5.02 Å². The maximum Gasteiger partial charge on any atom is 0.254 e. The van der Waals surface area contributed by atoms with E-state index in [0.717, 1.165) is 0 Å². The molecular formula is C22H23ClFN3O3. The quantitative estimate of drug-likeness (QED) is 0.715. The Balaban J connectivity index is 1.37. The van der Waals surface area contributed by atoms with E-state index in [0.29, 0.717) is 61.7 Å². The van der Waals surface area contributed by atoms with Gasteiger partial charge >= 0.3 is 0 Å². The van der Waals surface area contributed by atoms with Gasteiger partial charge in [-0.3, -0.25) is 14.4 Å². The summed E-state index contributed by atoms with van der Waals surface area (Å²) in [6.07, 6.45) is 0.847. The fourth-order valence-corrected chi connectivity index (χ4v) is 3.39. The van der Waals surface area contributed by atoms with Crippen molar-refractivity contribution >= 4 is 29.3 Å². The third kappa shape index (κ3) is 5.79. The Morgan fingerprint density at radius 3 is 2.27 bits per heavy atom. The van der Waals surface area contributed by atoms with Gasteiger partial charge in [0.1, 0.15) is 5.82 Å². The van der Waals surface area contributed by atoms with Gasteiger partial charge in [-0.25, -0.2) is 4.39 Å². The number of nitrogens with one attached hydrogen (secondary N) is 1. The first-order valence-corrected chi connectivity index (χ1v) is 10.2. The lowest BCUT2D eigenvalue weighted by molar-refractivity contribution is -0.132. The van der Waals surface area contributed by atoms with Crippen LogP contribution in [-0.2, 0) is 4.79 Å². The van der Waals surface area contributed by atoms with Gasteiger partial charge < -0.3 is 15.1 Å². The molecule has 3 rings (SSSR count). The molecule has 0 unspecified atom stereocenters. The highest BCUT2D eigenvalue weighted by Gasteiger charge is 2.24. The molecule has 0 saturated carbocycles. The van der Waals surface area contributed by atoms with Gasteiger partial charge in [-0.2, -0.15) is 0 Å². The van der Waals surface area contributed by atoms with Gasteiger partial charge in [0.25, 0.3) is 11.8 Å². The summed E-state index contributed by atoms with van der Waals surface area (Å²) < 4.78 is 13.3. The maximum atomic E-state index is 13.3. The lowest BCUT2D eigenvalue weighted by Gasteiger charge is -2.35. The van der Waals surface area contributed by atoms with Crippen molar-refractivity contribution < 1.29 is 18.8 Å². The number of hydrogen-bond acceptors (Lipinski definition) is 3. The SMILES string of the molecule is O=C(NCCCC(=O)N1CCN(C(=O)c2cccc(F)c2)CC1)c1ccc(Cl)cc1. The molecule has 0 atom stereocenters. The van der Waals surface area contributed by atoms with E-state index in [9.17, 15) is 18.8 Å². The van der Waals surface area contributed by atoms with Crippen LogP contribution in [0.25, 0.3) is 0 Å². The van der Waals surface area contributed by atoms with E-state index in [2.05, 4.69) is 5.32 Å². The summed E-state index contributed by atoms with van der Waals surface area (Å²) in [6.45, 7) is 2.10. The highest BCUT2D eigenvalue weighted by molar-refractivity contribution is 6.30. The van der Waals surface area contributed by atoms with E-state index < -0.39 is 5.82 Å². The van der Waals surface area contributed by atoms with Crippen molar-refractivity contribution in [1.29, 1.82) is 0 Å². The third-order valence-corrected chi connectivity index (χ3v) is 5.20. The molecule has 1 aliphatic heterocycles. The number of hydrogen-bond donors (Lipinski definition) is 1. The van der Waals surface area contributed by atoms with Crippen LogP contribution in [0, 0.1) is 5.82 Å². The number of halogens is 2. The molecule has 0 aromatic heterocycles. The molecule has 6 nitrogen and oxygen atoms in total. The van der Waals surface area contributed by atoms with Crippen LogP contribution in [0.5, 0.6) is 0 Å². The highest BCUT2D eigenvalue weighted by atomic mass is 35.5. The second kappa shape index (κ2) is 10.2. The van der Waals surface area contributed by atoms with E-state index in [-0.39, 0.29) is 17.7 Å². The van der Waals surface area contributed by atoms with Gasteiger partial charge in [-0.05, 0) is 48.9 Å². The number of rotatable bonds is 6. The van der Waals surface area contributed by atoms with Gasteiger partial charge in [0, 0.05) is 55.3 Å². The maximum absolute atomic E-state index is 13.3. The molecule has 30 heavy (non-hydrogen) atoms. The van der Waals surface area contributed by atoms with Gasteiger partial charge in [0.2, 0.25) is 5.91 Å². The van der Waals surface area contributed by atoms with Crippen molar-refractivity contribution in [2.75, 3.05) is 32.7 Å². The van der Waals surface area contributed by atoms with E-state index >= 15 is 0 Å². The Bertz CT molecular complexity index is 912. The van der Waals surface area contributed by atoms with E-state index in [4.69, 9.17) is 11.6 Å². The Morgan fingerprint density at radius 1 is 0.933 bits per heavy atom. The van der Waals surface area contributed by atoms with Crippen LogP contribution < -0.4 is 5.32 Å². The lowest BCUT2D eigenvalue weighted by atomic mass is 10.1. The van der Waals surface area contributed by atoms with Crippen molar-refractivity contribution in [2.45, 2.75) is 12.8 Å². The van der Waals surface area contributed by atoms with Crippen molar-refractivity contribution in [1.82, 2.24) is 15.1 Å². The summed E-state index contributed by atoms with van der Waals surface area (Å²) in [5, 5.41) is 3.35. The monoisotopic (exact) mass is 431 g/mol. The number of nitrogens with zero attached hydrogens (tertiary/aromatic N) is 2. The first kappa shape index (κ1) is 21.8. The zero-order valence-electron chi connectivity index (χ0n) is 16.4. The zero-order valence-corrected chi connectivity index (χ0v) is 17.2. The molecule has 1 N–H and O–H groups in total. The molecular weight excluding hydrogens is 409 g/mol. The van der Waals surface area contributed by atoms with Gasteiger partial charge in [-0.15, -0.1) is 0 Å². The molecule has 0 spiro atoms. The van der Waals surface area contributed by atoms with Gasteiger partial charge in [-0.1, -0.05) is 17.7 Å². The largest absolute Gasteiger partial charge is 0.352 e. The molecule has 0 bridgehead atoms. The molecule has 2 aromatic rings.